The first kappa shape index (κ1) is 27.0. The highest BCUT2D eigenvalue weighted by atomic mass is 31.2. The maximum Gasteiger partial charge on any atom is 0.473 e. The van der Waals surface area contributed by atoms with Crippen molar-refractivity contribution in [3.05, 3.63) is 0 Å². The maximum absolute atomic E-state index is 12.5. The molecule has 0 atom stereocenters. The fourth-order valence-corrected chi connectivity index (χ4v) is 3.10. The number of rotatable bonds is 20. The van der Waals surface area contributed by atoms with Gasteiger partial charge in [-0.3, -0.25) is 9.05 Å². The van der Waals surface area contributed by atoms with Crippen LogP contribution in [0.5, 0.6) is 0 Å². The predicted molar refractivity (Wildman–Crippen MR) is 104 cm³/mol. The highest BCUT2D eigenvalue weighted by molar-refractivity contribution is 7.47. The van der Waals surface area contributed by atoms with Gasteiger partial charge in [-0.15, -0.1) is 0 Å². The summed E-state index contributed by atoms with van der Waals surface area (Å²) in [4.78, 5) is 10.2. The minimum Gasteiger partial charge on any atom is -0.379 e. The molecule has 0 bridgehead atoms. The van der Waals surface area contributed by atoms with Crippen molar-refractivity contribution in [1.29, 1.82) is 0 Å². The molecule has 0 amide bonds. The molecule has 0 radical (unpaired) electrons. The van der Waals surface area contributed by atoms with Crippen LogP contribution in [0, 0.1) is 0 Å². The summed E-state index contributed by atoms with van der Waals surface area (Å²) in [6, 6.07) is 0. The van der Waals surface area contributed by atoms with Crippen molar-refractivity contribution in [2.45, 2.75) is 65.6 Å². The molecule has 0 spiro atoms. The first-order valence-electron chi connectivity index (χ1n) is 9.99. The number of ether oxygens (including phenoxy) is 4. The quantitative estimate of drug-likeness (QED) is 0.239. The Morgan fingerprint density at radius 2 is 0.889 bits per heavy atom. The number of hydrogen-bond acceptors (Lipinski definition) is 7. The zero-order chi connectivity index (χ0) is 20.4. The summed E-state index contributed by atoms with van der Waals surface area (Å²) in [5.74, 6) is 0. The van der Waals surface area contributed by atoms with E-state index in [1.54, 1.807) is 0 Å². The van der Waals surface area contributed by atoms with E-state index in [9.17, 15) is 9.46 Å². The lowest BCUT2D eigenvalue weighted by molar-refractivity contribution is -0.0487. The van der Waals surface area contributed by atoms with Crippen molar-refractivity contribution in [2.75, 3.05) is 52.9 Å². The molecule has 0 heterocycles. The summed E-state index contributed by atoms with van der Waals surface area (Å²) < 4.78 is 44.8. The average Bonchev–Trinajstić information content (AvgIpc) is 2.61. The fraction of sp³-hybridized carbons (Fsp3) is 1.00. The van der Waals surface area contributed by atoms with Crippen LogP contribution in [0.25, 0.3) is 0 Å². The lowest BCUT2D eigenvalue weighted by atomic mass is 10.4. The van der Waals surface area contributed by atoms with Gasteiger partial charge in [0.15, 0.2) is 0 Å². The first-order chi connectivity index (χ1) is 13.0. The van der Waals surface area contributed by atoms with Gasteiger partial charge in [0.2, 0.25) is 0 Å². The van der Waals surface area contributed by atoms with Gasteiger partial charge < -0.3 is 23.8 Å². The van der Waals surface area contributed by atoms with E-state index in [1.807, 2.05) is 27.7 Å². The molecule has 0 rings (SSSR count). The highest BCUT2D eigenvalue weighted by Crippen LogP contribution is 2.46. The molecule has 0 aliphatic carbocycles. The van der Waals surface area contributed by atoms with Crippen molar-refractivity contribution in [2.24, 2.45) is 0 Å². The van der Waals surface area contributed by atoms with Crippen molar-refractivity contribution in [3.63, 3.8) is 0 Å². The van der Waals surface area contributed by atoms with Crippen molar-refractivity contribution < 1.29 is 37.5 Å². The predicted octanol–water partition coefficient (Wildman–Crippen LogP) is 3.56. The van der Waals surface area contributed by atoms with Gasteiger partial charge in [-0.2, -0.15) is 0 Å². The van der Waals surface area contributed by atoms with E-state index in [0.29, 0.717) is 26.4 Å². The molecule has 9 heteroatoms. The smallest absolute Gasteiger partial charge is 0.379 e. The Morgan fingerprint density at radius 1 is 0.630 bits per heavy atom. The Kier molecular flexibility index (Phi) is 18.0. The zero-order valence-electron chi connectivity index (χ0n) is 17.4. The van der Waals surface area contributed by atoms with E-state index < -0.39 is 20.0 Å². The molecule has 0 unspecified atom stereocenters. The van der Waals surface area contributed by atoms with Crippen LogP contribution in [0.4, 0.5) is 0 Å². The van der Waals surface area contributed by atoms with E-state index in [2.05, 4.69) is 0 Å². The lowest BCUT2D eigenvalue weighted by Crippen LogP contribution is -2.29. The number of phosphoric ester groups is 1. The fourth-order valence-electron chi connectivity index (χ4n) is 2.06. The van der Waals surface area contributed by atoms with Crippen LogP contribution in [-0.4, -0.2) is 70.0 Å². The standard InChI is InChI=1S/C18H39O8P/c1-5-9-21-13-17(14-22-10-6-2)25-27(19,20)26-18(15-23-11-7-3)16-24-12-8-4/h17-18H,5-16H2,1-4H3,(H,19,20). The van der Waals surface area contributed by atoms with Crippen LogP contribution in [0.1, 0.15) is 53.4 Å². The normalized spacial score (nSPS) is 12.4. The summed E-state index contributed by atoms with van der Waals surface area (Å²) in [7, 11) is -4.32. The largest absolute Gasteiger partial charge is 0.473 e. The van der Waals surface area contributed by atoms with E-state index in [-0.39, 0.29) is 26.4 Å². The Labute approximate surface area is 164 Å². The van der Waals surface area contributed by atoms with Crippen LogP contribution in [0.15, 0.2) is 0 Å². The van der Waals surface area contributed by atoms with Gasteiger partial charge in [0.05, 0.1) is 26.4 Å². The lowest BCUT2D eigenvalue weighted by Gasteiger charge is -2.24. The van der Waals surface area contributed by atoms with Crippen molar-refractivity contribution in [3.8, 4) is 0 Å². The second kappa shape index (κ2) is 18.0. The van der Waals surface area contributed by atoms with Gasteiger partial charge >= 0.3 is 7.82 Å². The molecule has 0 aliphatic heterocycles. The Balaban J connectivity index is 4.67. The second-order valence-electron chi connectivity index (χ2n) is 6.22. The third-order valence-electron chi connectivity index (χ3n) is 3.17. The highest BCUT2D eigenvalue weighted by Gasteiger charge is 2.31. The molecule has 0 aromatic rings. The van der Waals surface area contributed by atoms with Gasteiger partial charge in [-0.25, -0.2) is 4.57 Å². The molecule has 0 aliphatic rings. The summed E-state index contributed by atoms with van der Waals surface area (Å²) >= 11 is 0. The summed E-state index contributed by atoms with van der Waals surface area (Å²) in [6.45, 7) is 10.8. The molecular weight excluding hydrogens is 375 g/mol. The Hall–Kier alpha value is -0.0500. The van der Waals surface area contributed by atoms with Gasteiger partial charge in [0, 0.05) is 26.4 Å². The van der Waals surface area contributed by atoms with Crippen LogP contribution >= 0.6 is 7.82 Å². The molecule has 8 nitrogen and oxygen atoms in total. The Bertz CT molecular complexity index is 319. The van der Waals surface area contributed by atoms with Crippen LogP contribution in [0.2, 0.25) is 0 Å². The zero-order valence-corrected chi connectivity index (χ0v) is 18.3. The van der Waals surface area contributed by atoms with E-state index in [4.69, 9.17) is 28.0 Å². The van der Waals surface area contributed by atoms with E-state index in [0.717, 1.165) is 25.7 Å². The molecule has 164 valence electrons. The van der Waals surface area contributed by atoms with Crippen molar-refractivity contribution >= 4 is 7.82 Å². The minimum absolute atomic E-state index is 0.162. The SMILES string of the molecule is CCCOCC(COCCC)OP(=O)(O)OC(COCCC)COCCC. The first-order valence-corrected chi connectivity index (χ1v) is 11.5. The summed E-state index contributed by atoms with van der Waals surface area (Å²) in [5, 5.41) is 0. The summed E-state index contributed by atoms with van der Waals surface area (Å²) in [5.41, 5.74) is 0. The Morgan fingerprint density at radius 3 is 1.11 bits per heavy atom. The maximum atomic E-state index is 12.5. The van der Waals surface area contributed by atoms with Gasteiger partial charge in [0.1, 0.15) is 12.2 Å². The number of phosphoric acid groups is 1. The topological polar surface area (TPSA) is 92.7 Å². The molecule has 0 aromatic carbocycles. The summed E-state index contributed by atoms with van der Waals surface area (Å²) in [6.07, 6.45) is 2.02. The molecular formula is C18H39O8P. The van der Waals surface area contributed by atoms with E-state index in [1.165, 1.54) is 0 Å². The van der Waals surface area contributed by atoms with Gasteiger partial charge in [-0.1, -0.05) is 27.7 Å². The molecule has 0 saturated heterocycles. The monoisotopic (exact) mass is 414 g/mol. The van der Waals surface area contributed by atoms with Crippen LogP contribution < -0.4 is 0 Å². The van der Waals surface area contributed by atoms with Crippen LogP contribution in [-0.2, 0) is 32.6 Å². The third kappa shape index (κ3) is 16.6. The molecule has 0 aromatic heterocycles. The number of hydrogen-bond donors (Lipinski definition) is 1. The van der Waals surface area contributed by atoms with Gasteiger partial charge in [-0.05, 0) is 25.7 Å². The second-order valence-corrected chi connectivity index (χ2v) is 7.58. The molecule has 1 N–H and O–H groups in total. The minimum atomic E-state index is -4.32. The van der Waals surface area contributed by atoms with Crippen molar-refractivity contribution in [1.82, 2.24) is 0 Å². The van der Waals surface area contributed by atoms with Gasteiger partial charge in [0.25, 0.3) is 0 Å². The molecule has 0 saturated carbocycles. The third-order valence-corrected chi connectivity index (χ3v) is 4.30. The van der Waals surface area contributed by atoms with E-state index >= 15 is 0 Å². The average molecular weight is 414 g/mol. The van der Waals surface area contributed by atoms with Crippen LogP contribution in [0.3, 0.4) is 0 Å². The molecule has 0 fully saturated rings. The molecule has 27 heavy (non-hydrogen) atoms.